The summed E-state index contributed by atoms with van der Waals surface area (Å²) in [7, 11) is -4.14. The summed E-state index contributed by atoms with van der Waals surface area (Å²) >= 11 is 0. The second kappa shape index (κ2) is 9.34. The molecule has 0 aliphatic carbocycles. The molecule has 2 N–H and O–H groups in total. The Bertz CT molecular complexity index is 1430. The molecule has 1 atom stereocenters. The van der Waals surface area contributed by atoms with Crippen molar-refractivity contribution in [2.75, 3.05) is 22.7 Å². The molecule has 11 nitrogen and oxygen atoms in total. The Morgan fingerprint density at radius 2 is 1.97 bits per heavy atom. The van der Waals surface area contributed by atoms with E-state index in [1.165, 1.54) is 21.7 Å². The third kappa shape index (κ3) is 5.23. The highest BCUT2D eigenvalue weighted by atomic mass is 32.2. The average Bonchev–Trinajstić information content (AvgIpc) is 3.12. The fraction of sp³-hybridized carbons (Fsp3) is 0.375. The molecule has 3 aromatic rings. The standard InChI is InChI=1S/C24H29N5O6S/c1-15-22(28-11-7-6-8-21(28)26-15)36(32,33)29-14-18(13-25-16(2)30)34-20-10-9-17(12-19(20)29)27-23(31)35-24(3,4)5/h6-12,18H,13-14H2,1-5H3,(H,25,30)(H,27,31)/t18-/m0/s1. The molecule has 0 spiro atoms. The molecule has 0 saturated heterocycles. The Morgan fingerprint density at radius 3 is 2.67 bits per heavy atom. The molecule has 2 aromatic heterocycles. The lowest BCUT2D eigenvalue weighted by Gasteiger charge is -2.35. The van der Waals surface area contributed by atoms with Gasteiger partial charge in [0.25, 0.3) is 10.0 Å². The predicted octanol–water partition coefficient (Wildman–Crippen LogP) is 3.08. The minimum atomic E-state index is -4.14. The van der Waals surface area contributed by atoms with Crippen LogP contribution in [0, 0.1) is 6.92 Å². The number of hydrogen-bond donors (Lipinski definition) is 2. The number of aromatic nitrogens is 2. The van der Waals surface area contributed by atoms with Crippen LogP contribution < -0.4 is 19.7 Å². The number of amides is 2. The molecular formula is C24H29N5O6S. The molecule has 0 radical (unpaired) electrons. The van der Waals surface area contributed by atoms with E-state index in [1.54, 1.807) is 64.2 Å². The van der Waals surface area contributed by atoms with Crippen molar-refractivity contribution in [1.82, 2.24) is 14.7 Å². The van der Waals surface area contributed by atoms with Crippen LogP contribution in [0.5, 0.6) is 5.75 Å². The molecule has 1 aliphatic heterocycles. The van der Waals surface area contributed by atoms with Crippen molar-refractivity contribution in [3.8, 4) is 5.75 Å². The lowest BCUT2D eigenvalue weighted by atomic mass is 10.2. The second-order valence-corrected chi connectivity index (χ2v) is 11.2. The number of nitrogens with one attached hydrogen (secondary N) is 2. The zero-order chi connectivity index (χ0) is 26.3. The zero-order valence-corrected chi connectivity index (χ0v) is 21.5. The quantitative estimate of drug-likeness (QED) is 0.534. The molecule has 12 heteroatoms. The summed E-state index contributed by atoms with van der Waals surface area (Å²) in [5.41, 5.74) is 0.719. The van der Waals surface area contributed by atoms with Crippen molar-refractivity contribution in [2.45, 2.75) is 51.3 Å². The number of anilines is 2. The number of nitrogens with zero attached hydrogens (tertiary/aromatic N) is 3. The molecule has 2 amide bonds. The van der Waals surface area contributed by atoms with Crippen molar-refractivity contribution in [2.24, 2.45) is 0 Å². The number of imidazole rings is 1. The van der Waals surface area contributed by atoms with Crippen LogP contribution in [0.3, 0.4) is 0 Å². The van der Waals surface area contributed by atoms with Crippen LogP contribution in [0.15, 0.2) is 47.6 Å². The van der Waals surface area contributed by atoms with Gasteiger partial charge in [0.1, 0.15) is 23.1 Å². The smallest absolute Gasteiger partial charge is 0.412 e. The molecule has 0 bridgehead atoms. The molecule has 1 aromatic carbocycles. The van der Waals surface area contributed by atoms with Crippen LogP contribution in [-0.2, 0) is 19.6 Å². The van der Waals surface area contributed by atoms with Crippen molar-refractivity contribution >= 4 is 39.0 Å². The molecule has 1 aliphatic rings. The molecule has 0 saturated carbocycles. The van der Waals surface area contributed by atoms with Crippen molar-refractivity contribution < 1.29 is 27.5 Å². The summed E-state index contributed by atoms with van der Waals surface area (Å²) in [6.07, 6.45) is 0.328. The zero-order valence-electron chi connectivity index (χ0n) is 20.7. The summed E-state index contributed by atoms with van der Waals surface area (Å²) in [6.45, 7) is 8.30. The first-order chi connectivity index (χ1) is 16.8. The number of pyridine rings is 1. The SMILES string of the molecule is CC(=O)NC[C@H]1CN(S(=O)(=O)c2c(C)nc3ccccn23)c2cc(NC(=O)OC(C)(C)C)ccc2O1. The van der Waals surface area contributed by atoms with Crippen LogP contribution in [0.1, 0.15) is 33.4 Å². The van der Waals surface area contributed by atoms with E-state index in [9.17, 15) is 18.0 Å². The van der Waals surface area contributed by atoms with Gasteiger partial charge >= 0.3 is 6.09 Å². The third-order valence-electron chi connectivity index (χ3n) is 5.30. The normalized spacial score (nSPS) is 15.7. The van der Waals surface area contributed by atoms with E-state index in [0.717, 1.165) is 0 Å². The van der Waals surface area contributed by atoms with E-state index < -0.39 is 27.8 Å². The molecule has 4 rings (SSSR count). The third-order valence-corrected chi connectivity index (χ3v) is 7.20. The Balaban J connectivity index is 1.77. The summed E-state index contributed by atoms with van der Waals surface area (Å²) in [5.74, 6) is 0.0368. The first-order valence-corrected chi connectivity index (χ1v) is 12.8. The van der Waals surface area contributed by atoms with Gasteiger partial charge < -0.3 is 14.8 Å². The fourth-order valence-electron chi connectivity index (χ4n) is 3.91. The first kappa shape index (κ1) is 25.3. The number of carbonyl (C=O) groups excluding carboxylic acids is 2. The van der Waals surface area contributed by atoms with Crippen LogP contribution in [0.25, 0.3) is 5.65 Å². The van der Waals surface area contributed by atoms with Crippen LogP contribution in [0.2, 0.25) is 0 Å². The Labute approximate surface area is 209 Å². The van der Waals surface area contributed by atoms with Crippen molar-refractivity contribution in [3.63, 3.8) is 0 Å². The van der Waals surface area contributed by atoms with Gasteiger partial charge in [0.2, 0.25) is 5.91 Å². The lowest BCUT2D eigenvalue weighted by molar-refractivity contribution is -0.119. The van der Waals surface area contributed by atoms with Crippen LogP contribution >= 0.6 is 0 Å². The van der Waals surface area contributed by atoms with E-state index in [-0.39, 0.29) is 29.7 Å². The highest BCUT2D eigenvalue weighted by Gasteiger charge is 2.37. The van der Waals surface area contributed by atoms with Gasteiger partial charge in [-0.2, -0.15) is 8.42 Å². The predicted molar refractivity (Wildman–Crippen MR) is 134 cm³/mol. The molecule has 0 unspecified atom stereocenters. The summed E-state index contributed by atoms with van der Waals surface area (Å²) in [5, 5.41) is 5.33. The fourth-order valence-corrected chi connectivity index (χ4v) is 5.70. The number of fused-ring (bicyclic) bond motifs is 2. The monoisotopic (exact) mass is 515 g/mol. The molecule has 3 heterocycles. The van der Waals surface area contributed by atoms with Gasteiger partial charge in [0.15, 0.2) is 5.03 Å². The summed E-state index contributed by atoms with van der Waals surface area (Å²) in [4.78, 5) is 28.2. The van der Waals surface area contributed by atoms with Gasteiger partial charge in [-0.3, -0.25) is 18.8 Å². The van der Waals surface area contributed by atoms with Crippen LogP contribution in [0.4, 0.5) is 16.2 Å². The molecule has 36 heavy (non-hydrogen) atoms. The minimum absolute atomic E-state index is 0.0229. The highest BCUT2D eigenvalue weighted by Crippen LogP contribution is 2.39. The number of sulfonamides is 1. The Hall–Kier alpha value is -3.80. The maximum atomic E-state index is 14.1. The van der Waals surface area contributed by atoms with Gasteiger partial charge in [0, 0.05) is 18.8 Å². The lowest BCUT2D eigenvalue weighted by Crippen LogP contribution is -2.48. The van der Waals surface area contributed by atoms with Gasteiger partial charge in [0.05, 0.1) is 24.5 Å². The number of benzene rings is 1. The summed E-state index contributed by atoms with van der Waals surface area (Å²) < 4.78 is 42.2. The maximum absolute atomic E-state index is 14.1. The van der Waals surface area contributed by atoms with E-state index in [0.29, 0.717) is 22.8 Å². The van der Waals surface area contributed by atoms with Crippen molar-refractivity contribution in [3.05, 3.63) is 48.3 Å². The molecule has 0 fully saturated rings. The first-order valence-electron chi connectivity index (χ1n) is 11.4. The van der Waals surface area contributed by atoms with Crippen LogP contribution in [-0.4, -0.2) is 54.6 Å². The van der Waals surface area contributed by atoms with Gasteiger partial charge in [-0.15, -0.1) is 0 Å². The number of aryl methyl sites for hydroxylation is 1. The largest absolute Gasteiger partial charge is 0.484 e. The second-order valence-electron chi connectivity index (χ2n) is 9.45. The molecular weight excluding hydrogens is 486 g/mol. The molecule has 192 valence electrons. The van der Waals surface area contributed by atoms with E-state index in [4.69, 9.17) is 9.47 Å². The van der Waals surface area contributed by atoms with E-state index in [2.05, 4.69) is 15.6 Å². The summed E-state index contributed by atoms with van der Waals surface area (Å²) in [6, 6.07) is 9.91. The van der Waals surface area contributed by atoms with Crippen molar-refractivity contribution in [1.29, 1.82) is 0 Å². The topological polar surface area (TPSA) is 131 Å². The minimum Gasteiger partial charge on any atom is -0.484 e. The van der Waals surface area contributed by atoms with Gasteiger partial charge in [-0.1, -0.05) is 6.07 Å². The average molecular weight is 516 g/mol. The number of rotatable bonds is 5. The van der Waals surface area contributed by atoms with E-state index >= 15 is 0 Å². The Morgan fingerprint density at radius 1 is 1.22 bits per heavy atom. The number of ether oxygens (including phenoxy) is 2. The van der Waals surface area contributed by atoms with Gasteiger partial charge in [-0.05, 0) is 58.0 Å². The number of hydrogen-bond acceptors (Lipinski definition) is 7. The van der Waals surface area contributed by atoms with Gasteiger partial charge in [-0.25, -0.2) is 9.78 Å². The number of carbonyl (C=O) groups is 2. The Kier molecular flexibility index (Phi) is 6.56. The highest BCUT2D eigenvalue weighted by molar-refractivity contribution is 7.92. The van der Waals surface area contributed by atoms with E-state index in [1.807, 2.05) is 0 Å². The maximum Gasteiger partial charge on any atom is 0.412 e.